The number of ether oxygens (including phenoxy) is 2. The van der Waals surface area contributed by atoms with Crippen molar-refractivity contribution in [2.24, 2.45) is 0 Å². The highest BCUT2D eigenvalue weighted by Crippen LogP contribution is 2.27. The zero-order valence-electron chi connectivity index (χ0n) is 18.3. The Morgan fingerprint density at radius 1 is 1.00 bits per heavy atom. The zero-order valence-corrected chi connectivity index (χ0v) is 18.3. The lowest BCUT2D eigenvalue weighted by Gasteiger charge is -2.28. The van der Waals surface area contributed by atoms with Crippen LogP contribution in [0.15, 0.2) is 42.5 Å². The monoisotopic (exact) mass is 411 g/mol. The lowest BCUT2D eigenvalue weighted by molar-refractivity contribution is -0.117. The topological polar surface area (TPSA) is 54.0 Å². The molecule has 1 fully saturated rings. The number of likely N-dealkylation sites (N-methyl/N-ethyl adjacent to an activating group) is 1. The van der Waals surface area contributed by atoms with Gasteiger partial charge in [-0.25, -0.2) is 0 Å². The maximum Gasteiger partial charge on any atom is 0.238 e. The van der Waals surface area contributed by atoms with Crippen LogP contribution in [0.2, 0.25) is 0 Å². The molecule has 0 unspecified atom stereocenters. The van der Waals surface area contributed by atoms with Crippen molar-refractivity contribution in [3.8, 4) is 11.5 Å². The number of anilines is 2. The molecule has 1 amide bonds. The van der Waals surface area contributed by atoms with Crippen LogP contribution < -0.4 is 19.7 Å². The second-order valence-electron chi connectivity index (χ2n) is 7.82. The van der Waals surface area contributed by atoms with Gasteiger partial charge in [-0.1, -0.05) is 6.07 Å². The lowest BCUT2D eigenvalue weighted by Crippen LogP contribution is -2.31. The third-order valence-corrected chi connectivity index (χ3v) is 5.52. The van der Waals surface area contributed by atoms with Gasteiger partial charge in [-0.05, 0) is 74.7 Å². The Bertz CT molecular complexity index is 817. The van der Waals surface area contributed by atoms with Crippen molar-refractivity contribution in [2.45, 2.75) is 25.7 Å². The van der Waals surface area contributed by atoms with E-state index in [-0.39, 0.29) is 5.91 Å². The highest BCUT2D eigenvalue weighted by atomic mass is 16.5. The molecule has 30 heavy (non-hydrogen) atoms. The fourth-order valence-corrected chi connectivity index (χ4v) is 3.79. The molecule has 0 radical (unpaired) electrons. The summed E-state index contributed by atoms with van der Waals surface area (Å²) in [6.45, 7) is 3.37. The summed E-state index contributed by atoms with van der Waals surface area (Å²) in [7, 11) is 5.22. The summed E-state index contributed by atoms with van der Waals surface area (Å²) in [6.07, 6.45) is 4.67. The van der Waals surface area contributed by atoms with Gasteiger partial charge in [-0.2, -0.15) is 0 Å². The van der Waals surface area contributed by atoms with Crippen molar-refractivity contribution >= 4 is 17.3 Å². The van der Waals surface area contributed by atoms with Gasteiger partial charge in [-0.3, -0.25) is 9.69 Å². The molecule has 1 N–H and O–H groups in total. The second-order valence-corrected chi connectivity index (χ2v) is 7.82. The number of hydrogen-bond donors (Lipinski definition) is 1. The molecule has 2 aromatic rings. The Balaban J connectivity index is 1.45. The Morgan fingerprint density at radius 2 is 1.70 bits per heavy atom. The van der Waals surface area contributed by atoms with Crippen molar-refractivity contribution < 1.29 is 14.3 Å². The van der Waals surface area contributed by atoms with Gasteiger partial charge in [0.05, 0.1) is 20.8 Å². The van der Waals surface area contributed by atoms with Crippen LogP contribution in [0, 0.1) is 0 Å². The third kappa shape index (κ3) is 6.13. The minimum absolute atomic E-state index is 0.00414. The number of hydrogen-bond acceptors (Lipinski definition) is 5. The molecule has 0 aromatic heterocycles. The highest BCUT2D eigenvalue weighted by Gasteiger charge is 2.12. The van der Waals surface area contributed by atoms with Crippen molar-refractivity contribution in [1.82, 2.24) is 4.90 Å². The highest BCUT2D eigenvalue weighted by molar-refractivity contribution is 5.92. The van der Waals surface area contributed by atoms with Gasteiger partial charge < -0.3 is 19.7 Å². The molecule has 0 spiro atoms. The number of carbonyl (C=O) groups is 1. The van der Waals surface area contributed by atoms with Gasteiger partial charge >= 0.3 is 0 Å². The fourth-order valence-electron chi connectivity index (χ4n) is 3.79. The van der Waals surface area contributed by atoms with E-state index in [4.69, 9.17) is 9.47 Å². The van der Waals surface area contributed by atoms with Gasteiger partial charge in [0.15, 0.2) is 11.5 Å². The van der Waals surface area contributed by atoms with Crippen LogP contribution in [0.5, 0.6) is 11.5 Å². The number of nitrogens with one attached hydrogen (secondary N) is 1. The summed E-state index contributed by atoms with van der Waals surface area (Å²) in [5.41, 5.74) is 3.22. The smallest absolute Gasteiger partial charge is 0.238 e. The fraction of sp³-hybridized carbons (Fsp3) is 0.458. The zero-order chi connectivity index (χ0) is 21.3. The summed E-state index contributed by atoms with van der Waals surface area (Å²) in [5.74, 6) is 1.44. The summed E-state index contributed by atoms with van der Waals surface area (Å²) in [6, 6.07) is 14.1. The van der Waals surface area contributed by atoms with Crippen molar-refractivity contribution in [2.75, 3.05) is 57.7 Å². The van der Waals surface area contributed by atoms with Crippen LogP contribution in [0.4, 0.5) is 11.4 Å². The van der Waals surface area contributed by atoms with Crippen LogP contribution in [0.3, 0.4) is 0 Å². The summed E-state index contributed by atoms with van der Waals surface area (Å²) >= 11 is 0. The number of rotatable bonds is 9. The van der Waals surface area contributed by atoms with Crippen LogP contribution in [-0.4, -0.2) is 58.3 Å². The van der Waals surface area contributed by atoms with E-state index >= 15 is 0 Å². The van der Waals surface area contributed by atoms with E-state index in [9.17, 15) is 4.79 Å². The number of methoxy groups -OCH3 is 2. The van der Waals surface area contributed by atoms with Crippen LogP contribution in [0.25, 0.3) is 0 Å². The molecule has 0 aliphatic carbocycles. The first-order valence-electron chi connectivity index (χ1n) is 10.6. The van der Waals surface area contributed by atoms with E-state index in [1.807, 2.05) is 42.3 Å². The van der Waals surface area contributed by atoms with Gasteiger partial charge in [0.2, 0.25) is 5.91 Å². The summed E-state index contributed by atoms with van der Waals surface area (Å²) in [4.78, 5) is 16.8. The molecule has 1 aliphatic rings. The van der Waals surface area contributed by atoms with Crippen LogP contribution in [-0.2, 0) is 11.2 Å². The first kappa shape index (κ1) is 22.0. The molecule has 0 saturated carbocycles. The van der Waals surface area contributed by atoms with E-state index in [1.54, 1.807) is 14.2 Å². The van der Waals surface area contributed by atoms with Gasteiger partial charge in [0.1, 0.15) is 0 Å². The Kier molecular flexibility index (Phi) is 7.97. The van der Waals surface area contributed by atoms with Gasteiger partial charge in [-0.15, -0.1) is 0 Å². The maximum atomic E-state index is 12.4. The largest absolute Gasteiger partial charge is 0.493 e. The molecule has 1 saturated heterocycles. The average Bonchev–Trinajstić information content (AvgIpc) is 2.78. The van der Waals surface area contributed by atoms with E-state index in [2.05, 4.69) is 22.3 Å². The molecule has 3 rings (SSSR count). The summed E-state index contributed by atoms with van der Waals surface area (Å²) < 4.78 is 10.6. The first-order valence-corrected chi connectivity index (χ1v) is 10.6. The van der Waals surface area contributed by atoms with E-state index in [0.29, 0.717) is 6.54 Å². The standard InChI is InChI=1S/C24H33N3O3/c1-26(16-13-19-7-12-22(29-2)23(17-19)30-3)18-24(28)25-20-8-10-21(11-9-20)27-14-5-4-6-15-27/h7-12,17H,4-6,13-16,18H2,1-3H3,(H,25,28). The number of carbonyl (C=O) groups excluding carboxylic acids is 1. The van der Waals surface area contributed by atoms with Crippen molar-refractivity contribution in [3.63, 3.8) is 0 Å². The predicted molar refractivity (Wildman–Crippen MR) is 122 cm³/mol. The van der Waals surface area contributed by atoms with Gasteiger partial charge in [0.25, 0.3) is 0 Å². The number of nitrogens with zero attached hydrogens (tertiary/aromatic N) is 2. The van der Waals surface area contributed by atoms with E-state index in [0.717, 1.165) is 48.8 Å². The molecular formula is C24H33N3O3. The predicted octanol–water partition coefficient (Wildman–Crippen LogP) is 3.81. The lowest BCUT2D eigenvalue weighted by atomic mass is 10.1. The third-order valence-electron chi connectivity index (χ3n) is 5.52. The molecule has 0 atom stereocenters. The van der Waals surface area contributed by atoms with E-state index in [1.165, 1.54) is 24.9 Å². The number of amides is 1. The summed E-state index contributed by atoms with van der Waals surface area (Å²) in [5, 5.41) is 3.00. The van der Waals surface area contributed by atoms with Crippen molar-refractivity contribution in [1.29, 1.82) is 0 Å². The average molecular weight is 412 g/mol. The Hall–Kier alpha value is -2.73. The minimum atomic E-state index is -0.00414. The van der Waals surface area contributed by atoms with Gasteiger partial charge in [0, 0.05) is 31.0 Å². The normalized spacial score (nSPS) is 13.9. The first-order chi connectivity index (χ1) is 14.6. The molecule has 1 aliphatic heterocycles. The Morgan fingerprint density at radius 3 is 2.37 bits per heavy atom. The quantitative estimate of drug-likeness (QED) is 0.680. The maximum absolute atomic E-state index is 12.4. The molecular weight excluding hydrogens is 378 g/mol. The molecule has 162 valence electrons. The molecule has 1 heterocycles. The molecule has 6 nitrogen and oxygen atoms in total. The molecule has 0 bridgehead atoms. The molecule has 6 heteroatoms. The molecule has 2 aromatic carbocycles. The number of piperidine rings is 1. The Labute approximate surface area is 179 Å². The SMILES string of the molecule is COc1ccc(CCN(C)CC(=O)Nc2ccc(N3CCCCC3)cc2)cc1OC. The van der Waals surface area contributed by atoms with Crippen molar-refractivity contribution in [3.05, 3.63) is 48.0 Å². The second kappa shape index (κ2) is 10.9. The number of benzene rings is 2. The minimum Gasteiger partial charge on any atom is -0.493 e. The van der Waals surface area contributed by atoms with Crippen LogP contribution >= 0.6 is 0 Å². The van der Waals surface area contributed by atoms with Crippen LogP contribution in [0.1, 0.15) is 24.8 Å². The van der Waals surface area contributed by atoms with E-state index < -0.39 is 0 Å².